The maximum absolute atomic E-state index is 11.4. The monoisotopic (exact) mass is 812 g/mol. The zero-order chi connectivity index (χ0) is 42.2. The van der Waals surface area contributed by atoms with E-state index in [1.54, 1.807) is 56.5 Å². The molecule has 0 bridgehead atoms. The molecule has 0 atom stereocenters. The number of aryl methyl sites for hydroxylation is 2. The minimum atomic E-state index is -0.496. The molecular formula is C44H40N14O3. The Morgan fingerprint density at radius 1 is 0.639 bits per heavy atom. The smallest absolute Gasteiger partial charge is 0.248 e. The normalized spacial score (nSPS) is 12.7. The molecule has 61 heavy (non-hydrogen) atoms. The Balaban J connectivity index is 0.000000156. The molecule has 2 aliphatic rings. The van der Waals surface area contributed by atoms with Gasteiger partial charge in [-0.25, -0.2) is 9.36 Å². The third-order valence-corrected chi connectivity index (χ3v) is 10.7. The van der Waals surface area contributed by atoms with Crippen molar-refractivity contribution in [3.63, 3.8) is 0 Å². The molecule has 10 rings (SSSR count). The molecule has 4 aromatic heterocycles. The topological polar surface area (TPSA) is 231 Å². The molecule has 6 N–H and O–H groups in total. The van der Waals surface area contributed by atoms with E-state index in [1.807, 2.05) is 80.0 Å². The first kappa shape index (κ1) is 38.5. The van der Waals surface area contributed by atoms with Crippen LogP contribution < -0.4 is 11.5 Å². The van der Waals surface area contributed by atoms with Gasteiger partial charge < -0.3 is 21.7 Å². The second-order valence-corrected chi connectivity index (χ2v) is 14.8. The summed E-state index contributed by atoms with van der Waals surface area (Å²) in [5.74, 6) is -0.273. The van der Waals surface area contributed by atoms with Gasteiger partial charge in [-0.2, -0.15) is 10.2 Å². The number of rotatable bonds is 10. The maximum atomic E-state index is 11.4. The number of aromatic hydroxyl groups is 2. The van der Waals surface area contributed by atoms with Crippen LogP contribution in [0.3, 0.4) is 0 Å². The third kappa shape index (κ3) is 7.68. The molecule has 0 spiro atoms. The van der Waals surface area contributed by atoms with Gasteiger partial charge in [0, 0.05) is 62.6 Å². The maximum Gasteiger partial charge on any atom is 0.248 e. The highest BCUT2D eigenvalue weighted by molar-refractivity contribution is 6.09. The highest BCUT2D eigenvalue weighted by atomic mass is 16.3. The fraction of sp³-hybridized carbons (Fsp3) is 0.159. The molecule has 0 saturated heterocycles. The van der Waals surface area contributed by atoms with Gasteiger partial charge in [0.1, 0.15) is 22.8 Å². The number of fused-ring (bicyclic) bond motifs is 2. The lowest BCUT2D eigenvalue weighted by molar-refractivity contribution is 0.1000. The van der Waals surface area contributed by atoms with Crippen molar-refractivity contribution in [1.29, 1.82) is 0 Å². The lowest BCUT2D eigenvalue weighted by atomic mass is 10.0. The van der Waals surface area contributed by atoms with Crippen LogP contribution in [0.4, 0.5) is 11.4 Å². The van der Waals surface area contributed by atoms with E-state index < -0.39 is 5.91 Å². The molecule has 0 fully saturated rings. The Morgan fingerprint density at radius 2 is 1.10 bits per heavy atom. The summed E-state index contributed by atoms with van der Waals surface area (Å²) in [5, 5.41) is 46.6. The summed E-state index contributed by atoms with van der Waals surface area (Å²) in [6, 6.07) is 27.0. The number of aliphatic imine (C=N–C) groups is 2. The molecule has 17 nitrogen and oxygen atoms in total. The van der Waals surface area contributed by atoms with Gasteiger partial charge in [0.25, 0.3) is 0 Å². The Kier molecular flexibility index (Phi) is 10.1. The van der Waals surface area contributed by atoms with Crippen molar-refractivity contribution in [3.8, 4) is 34.0 Å². The fourth-order valence-electron chi connectivity index (χ4n) is 7.57. The number of nitrogens with two attached hydrogens (primary N) is 2. The van der Waals surface area contributed by atoms with Gasteiger partial charge in [0.2, 0.25) is 5.91 Å². The first-order valence-electron chi connectivity index (χ1n) is 19.4. The number of hydrogen-bond acceptors (Lipinski definition) is 12. The minimum Gasteiger partial charge on any atom is -0.504 e. The molecule has 1 amide bonds. The van der Waals surface area contributed by atoms with Crippen LogP contribution in [0.1, 0.15) is 49.6 Å². The first-order valence-corrected chi connectivity index (χ1v) is 19.4. The molecule has 0 unspecified atom stereocenters. The van der Waals surface area contributed by atoms with Gasteiger partial charge >= 0.3 is 0 Å². The summed E-state index contributed by atoms with van der Waals surface area (Å²) < 4.78 is 6.83. The van der Waals surface area contributed by atoms with E-state index in [-0.39, 0.29) is 11.5 Å². The van der Waals surface area contributed by atoms with Crippen LogP contribution in [0, 0.1) is 0 Å². The molecule has 0 saturated carbocycles. The molecule has 17 heteroatoms. The van der Waals surface area contributed by atoms with E-state index in [0.717, 1.165) is 50.3 Å². The number of carbonyl (C=O) groups is 1. The largest absolute Gasteiger partial charge is 0.504 e. The van der Waals surface area contributed by atoms with Crippen molar-refractivity contribution in [2.24, 2.45) is 35.5 Å². The van der Waals surface area contributed by atoms with Gasteiger partial charge in [-0.05, 0) is 46.0 Å². The van der Waals surface area contributed by atoms with Crippen LogP contribution in [0.25, 0.3) is 22.5 Å². The van der Waals surface area contributed by atoms with Crippen molar-refractivity contribution in [3.05, 3.63) is 154 Å². The lowest BCUT2D eigenvalue weighted by Gasteiger charge is -2.03. The van der Waals surface area contributed by atoms with Crippen molar-refractivity contribution in [1.82, 2.24) is 49.5 Å². The average Bonchev–Trinajstić information content (AvgIpc) is 4.13. The zero-order valence-corrected chi connectivity index (χ0v) is 33.3. The molecule has 2 aliphatic heterocycles. The standard InChI is InChI=1S/C22H19N7O2.C22H21N7O/c1-28-20(18-10-15-6-7-16(22(23)31)11-17(15)25-18)21(30)19(26-28)14-4-2-13(3-5-14)12-29-9-8-24-27-29;1-28-21(19-11-17-7-4-15(12-23)10-18(17)25-19)22(30)20(26-28)16-5-2-14(3-6-16)13-29-9-8-24-27-29/h2-9,11,30H,10,12H2,1H3,(H2,23,31);2-10,30H,11-13,23H2,1H3. The predicted octanol–water partition coefficient (Wildman–Crippen LogP) is 4.78. The van der Waals surface area contributed by atoms with Crippen molar-refractivity contribution >= 4 is 28.7 Å². The second-order valence-electron chi connectivity index (χ2n) is 14.8. The summed E-state index contributed by atoms with van der Waals surface area (Å²) in [5.41, 5.74) is 23.8. The van der Waals surface area contributed by atoms with Gasteiger partial charge in [0.05, 0.1) is 48.3 Å². The Labute approximate surface area is 349 Å². The summed E-state index contributed by atoms with van der Waals surface area (Å²) in [7, 11) is 3.60. The van der Waals surface area contributed by atoms with Crippen LogP contribution >= 0.6 is 0 Å². The highest BCUT2D eigenvalue weighted by Crippen LogP contribution is 2.38. The van der Waals surface area contributed by atoms with E-state index >= 15 is 0 Å². The van der Waals surface area contributed by atoms with Crippen molar-refractivity contribution < 1.29 is 15.0 Å². The Morgan fingerprint density at radius 3 is 1.54 bits per heavy atom. The van der Waals surface area contributed by atoms with E-state index in [2.05, 4.69) is 41.9 Å². The molecule has 4 aromatic carbocycles. The van der Waals surface area contributed by atoms with Crippen LogP contribution in [0.15, 0.2) is 120 Å². The van der Waals surface area contributed by atoms with Crippen LogP contribution in [-0.2, 0) is 46.6 Å². The molecule has 6 heterocycles. The summed E-state index contributed by atoms with van der Waals surface area (Å²) in [4.78, 5) is 20.8. The number of nitrogens with zero attached hydrogens (tertiary/aromatic N) is 12. The molecular weight excluding hydrogens is 773 g/mol. The number of carbonyl (C=O) groups excluding carboxylic acids is 1. The lowest BCUT2D eigenvalue weighted by Crippen LogP contribution is -2.10. The van der Waals surface area contributed by atoms with E-state index in [4.69, 9.17) is 16.5 Å². The third-order valence-electron chi connectivity index (χ3n) is 10.7. The Hall–Kier alpha value is -8.05. The van der Waals surface area contributed by atoms with Gasteiger partial charge in [-0.1, -0.05) is 77.2 Å². The van der Waals surface area contributed by atoms with Gasteiger partial charge in [0.15, 0.2) is 11.5 Å². The van der Waals surface area contributed by atoms with Gasteiger partial charge in [-0.3, -0.25) is 24.1 Å². The van der Waals surface area contributed by atoms with Crippen LogP contribution in [0.5, 0.6) is 11.5 Å². The summed E-state index contributed by atoms with van der Waals surface area (Å²) in [6.45, 7) is 1.73. The van der Waals surface area contributed by atoms with Crippen LogP contribution in [-0.4, -0.2) is 77.1 Å². The quantitative estimate of drug-likeness (QED) is 0.148. The van der Waals surface area contributed by atoms with E-state index in [9.17, 15) is 15.0 Å². The van der Waals surface area contributed by atoms with Gasteiger partial charge in [-0.15, -0.1) is 10.2 Å². The van der Waals surface area contributed by atoms with E-state index in [0.29, 0.717) is 72.2 Å². The Bertz CT molecular complexity index is 2960. The summed E-state index contributed by atoms with van der Waals surface area (Å²) in [6.07, 6.45) is 8.11. The average molecular weight is 813 g/mol. The van der Waals surface area contributed by atoms with Crippen molar-refractivity contribution in [2.75, 3.05) is 0 Å². The number of amides is 1. The SMILES string of the molecule is Cn1nc(-c2ccc(Cn3ccnn3)cc2)c(O)c1C1=Nc2cc(C(N)=O)ccc2C1.Cn1nc(-c2ccc(Cn3ccnn3)cc2)c(O)c1C1=Nc2cc(CN)ccc2C1. The fourth-order valence-corrected chi connectivity index (χ4v) is 7.57. The zero-order valence-electron chi connectivity index (χ0n) is 33.3. The minimum absolute atomic E-state index is 0.0770. The number of hydrogen-bond donors (Lipinski definition) is 4. The molecule has 8 aromatic rings. The number of benzene rings is 4. The second kappa shape index (κ2) is 16.0. The molecule has 304 valence electrons. The number of aromatic nitrogens is 10. The molecule has 0 aliphatic carbocycles. The van der Waals surface area contributed by atoms with E-state index in [1.165, 1.54) is 0 Å². The number of primary amides is 1. The molecule has 0 radical (unpaired) electrons. The summed E-state index contributed by atoms with van der Waals surface area (Å²) >= 11 is 0. The predicted molar refractivity (Wildman–Crippen MR) is 228 cm³/mol. The van der Waals surface area contributed by atoms with Crippen molar-refractivity contribution in [2.45, 2.75) is 32.5 Å². The van der Waals surface area contributed by atoms with Crippen LogP contribution in [0.2, 0.25) is 0 Å². The highest BCUT2D eigenvalue weighted by Gasteiger charge is 2.27. The first-order chi connectivity index (χ1) is 29.6.